The van der Waals surface area contributed by atoms with Crippen LogP contribution in [0.2, 0.25) is 0 Å². The van der Waals surface area contributed by atoms with E-state index < -0.39 is 29.0 Å². The van der Waals surface area contributed by atoms with Crippen LogP contribution in [0.25, 0.3) is 6.08 Å². The van der Waals surface area contributed by atoms with Crippen molar-refractivity contribution in [1.82, 2.24) is 0 Å². The van der Waals surface area contributed by atoms with Gasteiger partial charge in [0, 0.05) is 0 Å². The number of hydrogen-bond donors (Lipinski definition) is 1. The average Bonchev–Trinajstić information content (AvgIpc) is 2.74. The monoisotopic (exact) mass is 404 g/mol. The average molecular weight is 404 g/mol. The Bertz CT molecular complexity index is 1130. The largest absolute Gasteiger partial charge is 0.321 e. The lowest BCUT2D eigenvalue weighted by molar-refractivity contribution is -0.134. The predicted octanol–water partition coefficient (Wildman–Crippen LogP) is 4.79. The summed E-state index contributed by atoms with van der Waals surface area (Å²) in [5, 5.41) is 2.55. The van der Waals surface area contributed by atoms with Crippen molar-refractivity contribution in [2.45, 2.75) is 12.0 Å². The highest BCUT2D eigenvalue weighted by Gasteiger charge is 2.56. The molecule has 0 bridgehead atoms. The van der Waals surface area contributed by atoms with Gasteiger partial charge in [0.25, 0.3) is 5.91 Å². The van der Waals surface area contributed by atoms with E-state index in [9.17, 15) is 18.4 Å². The van der Waals surface area contributed by atoms with Gasteiger partial charge in [-0.3, -0.25) is 14.5 Å². The Morgan fingerprint density at radius 1 is 0.900 bits per heavy atom. The summed E-state index contributed by atoms with van der Waals surface area (Å²) in [5.74, 6) is -2.25. The molecule has 0 saturated carbocycles. The van der Waals surface area contributed by atoms with Gasteiger partial charge in [-0.15, -0.1) is 0 Å². The molecule has 1 aliphatic heterocycles. The Morgan fingerprint density at radius 3 is 2.20 bits per heavy atom. The molecule has 3 aromatic rings. The second-order valence-corrected chi connectivity index (χ2v) is 6.96. The van der Waals surface area contributed by atoms with E-state index in [0.29, 0.717) is 0 Å². The number of carbonyl (C=O) groups is 2. The van der Waals surface area contributed by atoms with Gasteiger partial charge in [-0.25, -0.2) is 8.78 Å². The molecule has 1 heterocycles. The molecular weight excluding hydrogens is 386 g/mol. The molecule has 30 heavy (non-hydrogen) atoms. The van der Waals surface area contributed by atoms with Crippen molar-refractivity contribution in [3.63, 3.8) is 0 Å². The fourth-order valence-electron chi connectivity index (χ4n) is 3.48. The third kappa shape index (κ3) is 3.48. The SMILES string of the molecule is O=C1CC(C=Cc2ccccc2)(C(=O)Nc2ccccc2F)N1c1ccccc1F. The van der Waals surface area contributed by atoms with Gasteiger partial charge in [0.05, 0.1) is 17.8 Å². The minimum atomic E-state index is -1.49. The summed E-state index contributed by atoms with van der Waals surface area (Å²) in [6, 6.07) is 20.7. The maximum absolute atomic E-state index is 14.5. The van der Waals surface area contributed by atoms with Crippen molar-refractivity contribution in [2.75, 3.05) is 10.2 Å². The lowest BCUT2D eigenvalue weighted by Crippen LogP contribution is -2.69. The molecule has 1 saturated heterocycles. The number of benzene rings is 3. The van der Waals surface area contributed by atoms with E-state index >= 15 is 0 Å². The lowest BCUT2D eigenvalue weighted by Gasteiger charge is -2.48. The zero-order chi connectivity index (χ0) is 21.1. The zero-order valence-electron chi connectivity index (χ0n) is 15.9. The molecular formula is C24H18F2N2O2. The first kappa shape index (κ1) is 19.5. The highest BCUT2D eigenvalue weighted by Crippen LogP contribution is 2.41. The van der Waals surface area contributed by atoms with Crippen LogP contribution >= 0.6 is 0 Å². The summed E-state index contributed by atoms with van der Waals surface area (Å²) in [6.45, 7) is 0. The Kier molecular flexibility index (Phi) is 5.14. The van der Waals surface area contributed by atoms with Crippen LogP contribution in [0.3, 0.4) is 0 Å². The fourth-order valence-corrected chi connectivity index (χ4v) is 3.48. The third-order valence-electron chi connectivity index (χ3n) is 5.03. The van der Waals surface area contributed by atoms with Crippen molar-refractivity contribution >= 4 is 29.3 Å². The first-order valence-electron chi connectivity index (χ1n) is 9.39. The third-order valence-corrected chi connectivity index (χ3v) is 5.03. The number of carbonyl (C=O) groups excluding carboxylic acids is 2. The molecule has 1 unspecified atom stereocenters. The highest BCUT2D eigenvalue weighted by atomic mass is 19.1. The Hall–Kier alpha value is -3.80. The van der Waals surface area contributed by atoms with Crippen molar-refractivity contribution < 1.29 is 18.4 Å². The van der Waals surface area contributed by atoms with Crippen LogP contribution in [-0.2, 0) is 9.59 Å². The van der Waals surface area contributed by atoms with E-state index in [1.165, 1.54) is 36.4 Å². The first-order chi connectivity index (χ1) is 14.5. The summed E-state index contributed by atoms with van der Waals surface area (Å²) < 4.78 is 28.6. The number of anilines is 2. The quantitative estimate of drug-likeness (QED) is 0.622. The number of nitrogens with zero attached hydrogens (tertiary/aromatic N) is 1. The van der Waals surface area contributed by atoms with Gasteiger partial charge in [-0.05, 0) is 35.9 Å². The first-order valence-corrected chi connectivity index (χ1v) is 9.39. The second-order valence-electron chi connectivity index (χ2n) is 6.96. The molecule has 150 valence electrons. The molecule has 4 rings (SSSR count). The maximum atomic E-state index is 14.5. The minimum absolute atomic E-state index is 0.00450. The van der Waals surface area contributed by atoms with Crippen molar-refractivity contribution in [2.24, 2.45) is 0 Å². The summed E-state index contributed by atoms with van der Waals surface area (Å²) in [5.41, 5.74) is -0.696. The normalized spacial score (nSPS) is 18.3. The summed E-state index contributed by atoms with van der Waals surface area (Å²) in [7, 11) is 0. The highest BCUT2D eigenvalue weighted by molar-refractivity contribution is 6.18. The standard InChI is InChI=1S/C24H18F2N2O2/c25-18-10-4-6-12-20(18)27-23(30)24(15-14-17-8-2-1-3-9-17)16-22(29)28(24)21-13-7-5-11-19(21)26/h1-15H,16H2,(H,27,30). The lowest BCUT2D eigenvalue weighted by atomic mass is 9.81. The van der Waals surface area contributed by atoms with E-state index in [1.807, 2.05) is 30.3 Å². The van der Waals surface area contributed by atoms with E-state index in [2.05, 4.69) is 5.32 Å². The van der Waals surface area contributed by atoms with Crippen LogP contribution < -0.4 is 10.2 Å². The van der Waals surface area contributed by atoms with E-state index in [-0.39, 0.29) is 17.8 Å². The summed E-state index contributed by atoms with van der Waals surface area (Å²) >= 11 is 0. The molecule has 0 radical (unpaired) electrons. The number of halogens is 2. The van der Waals surface area contributed by atoms with Crippen molar-refractivity contribution in [3.05, 3.63) is 102 Å². The Labute approximate surface area is 172 Å². The van der Waals surface area contributed by atoms with Gasteiger partial charge in [0.2, 0.25) is 5.91 Å². The maximum Gasteiger partial charge on any atom is 0.255 e. The Balaban J connectivity index is 1.76. The summed E-state index contributed by atoms with van der Waals surface area (Å²) in [6.07, 6.45) is 3.10. The molecule has 6 heteroatoms. The van der Waals surface area contributed by atoms with Crippen LogP contribution in [0.4, 0.5) is 20.2 Å². The van der Waals surface area contributed by atoms with Crippen LogP contribution in [0.15, 0.2) is 84.9 Å². The van der Waals surface area contributed by atoms with Gasteiger partial charge in [0.15, 0.2) is 5.54 Å². The molecule has 1 atom stereocenters. The number of hydrogen-bond acceptors (Lipinski definition) is 2. The minimum Gasteiger partial charge on any atom is -0.321 e. The fraction of sp³-hybridized carbons (Fsp3) is 0.0833. The molecule has 1 fully saturated rings. The number of rotatable bonds is 5. The number of β-lactam (4-membered cyclic amide) rings is 1. The van der Waals surface area contributed by atoms with E-state index in [4.69, 9.17) is 0 Å². The van der Waals surface area contributed by atoms with E-state index in [1.54, 1.807) is 24.3 Å². The molecule has 1 N–H and O–H groups in total. The van der Waals surface area contributed by atoms with Crippen LogP contribution in [0.1, 0.15) is 12.0 Å². The molecule has 2 amide bonds. The molecule has 0 spiro atoms. The number of para-hydroxylation sites is 2. The molecule has 3 aromatic carbocycles. The molecule has 0 aromatic heterocycles. The summed E-state index contributed by atoms with van der Waals surface area (Å²) in [4.78, 5) is 26.9. The molecule has 4 nitrogen and oxygen atoms in total. The zero-order valence-corrected chi connectivity index (χ0v) is 15.9. The topological polar surface area (TPSA) is 49.4 Å². The van der Waals surface area contributed by atoms with Gasteiger partial charge < -0.3 is 5.32 Å². The second kappa shape index (κ2) is 7.91. The van der Waals surface area contributed by atoms with E-state index in [0.717, 1.165) is 10.5 Å². The molecule has 1 aliphatic rings. The number of amides is 2. The smallest absolute Gasteiger partial charge is 0.255 e. The van der Waals surface area contributed by atoms with Crippen molar-refractivity contribution in [1.29, 1.82) is 0 Å². The van der Waals surface area contributed by atoms with Crippen LogP contribution in [0.5, 0.6) is 0 Å². The van der Waals surface area contributed by atoms with Crippen LogP contribution in [0, 0.1) is 11.6 Å². The van der Waals surface area contributed by atoms with Gasteiger partial charge in [0.1, 0.15) is 11.6 Å². The Morgan fingerprint density at radius 2 is 1.53 bits per heavy atom. The molecule has 0 aliphatic carbocycles. The van der Waals surface area contributed by atoms with Crippen molar-refractivity contribution in [3.8, 4) is 0 Å². The van der Waals surface area contributed by atoms with Gasteiger partial charge in [-0.1, -0.05) is 60.7 Å². The van der Waals surface area contributed by atoms with Gasteiger partial charge in [-0.2, -0.15) is 0 Å². The van der Waals surface area contributed by atoms with Gasteiger partial charge >= 0.3 is 0 Å². The van der Waals surface area contributed by atoms with Crippen LogP contribution in [-0.4, -0.2) is 17.4 Å². The predicted molar refractivity (Wildman–Crippen MR) is 112 cm³/mol. The number of nitrogens with one attached hydrogen (secondary N) is 1.